The molecule has 1 aromatic carbocycles. The van der Waals surface area contributed by atoms with E-state index in [1.807, 2.05) is 6.07 Å². The molecule has 2 N–H and O–H groups in total. The van der Waals surface area contributed by atoms with Crippen LogP contribution >= 0.6 is 0 Å². The van der Waals surface area contributed by atoms with Crippen molar-refractivity contribution in [2.24, 2.45) is 5.92 Å². The number of Topliss-reactive ketones (excluding diaryl/α,β-unsaturated/α-hetero) is 1. The van der Waals surface area contributed by atoms with Crippen molar-refractivity contribution in [3.63, 3.8) is 0 Å². The minimum Gasteiger partial charge on any atom is -0.445 e. The van der Waals surface area contributed by atoms with Crippen LogP contribution in [0.25, 0.3) is 0 Å². The van der Waals surface area contributed by atoms with Crippen molar-refractivity contribution in [1.29, 1.82) is 0 Å². The smallest absolute Gasteiger partial charge is 0.407 e. The van der Waals surface area contributed by atoms with Gasteiger partial charge in [-0.25, -0.2) is 4.79 Å². The molecule has 0 spiro atoms. The van der Waals surface area contributed by atoms with E-state index in [1.54, 1.807) is 31.2 Å². The van der Waals surface area contributed by atoms with Gasteiger partial charge in [0.05, 0.1) is 6.04 Å². The second-order valence-corrected chi connectivity index (χ2v) is 7.79. The molecule has 1 aliphatic carbocycles. The topological polar surface area (TPSA) is 75.6 Å². The van der Waals surface area contributed by atoms with Crippen molar-refractivity contribution in [2.75, 3.05) is 0 Å². The van der Waals surface area contributed by atoms with Gasteiger partial charge in [-0.2, -0.15) is 8.78 Å². The van der Waals surface area contributed by atoms with Gasteiger partial charge in [0.25, 0.3) is 0 Å². The van der Waals surface area contributed by atoms with Crippen LogP contribution < -0.4 is 5.32 Å². The first-order chi connectivity index (χ1) is 13.8. The minimum absolute atomic E-state index is 0.00985. The van der Waals surface area contributed by atoms with E-state index in [0.29, 0.717) is 0 Å². The molecule has 1 saturated carbocycles. The van der Waals surface area contributed by atoms with Gasteiger partial charge >= 0.3 is 12.0 Å². The summed E-state index contributed by atoms with van der Waals surface area (Å²) in [6.45, 7) is 1.61. The van der Waals surface area contributed by atoms with Crippen molar-refractivity contribution < 1.29 is 28.2 Å². The molecule has 1 amide bonds. The second kappa shape index (κ2) is 11.2. The Hall–Kier alpha value is -2.02. The Morgan fingerprint density at radius 1 is 1.21 bits per heavy atom. The summed E-state index contributed by atoms with van der Waals surface area (Å²) in [4.78, 5) is 24.1. The molecule has 0 heterocycles. The number of carbonyl (C=O) groups is 2. The van der Waals surface area contributed by atoms with Gasteiger partial charge in [-0.1, -0.05) is 69.4 Å². The molecule has 0 aromatic heterocycles. The average Bonchev–Trinajstić information content (AvgIpc) is 2.73. The summed E-state index contributed by atoms with van der Waals surface area (Å²) in [5.74, 6) is -5.10. The summed E-state index contributed by atoms with van der Waals surface area (Å²) in [6.07, 6.45) is 1.78. The molecular formula is C22H31F2NO4. The number of benzene rings is 1. The van der Waals surface area contributed by atoms with Crippen LogP contribution in [0.3, 0.4) is 0 Å². The number of alkyl halides is 2. The van der Waals surface area contributed by atoms with E-state index in [0.717, 1.165) is 37.7 Å². The molecule has 0 radical (unpaired) electrons. The Kier molecular flexibility index (Phi) is 9.01. The lowest BCUT2D eigenvalue weighted by molar-refractivity contribution is -0.165. The van der Waals surface area contributed by atoms with E-state index in [2.05, 4.69) is 5.32 Å². The molecule has 162 valence electrons. The number of ketones is 1. The molecule has 2 atom stereocenters. The molecule has 7 heteroatoms. The fourth-order valence-electron chi connectivity index (χ4n) is 3.78. The second-order valence-electron chi connectivity index (χ2n) is 7.79. The van der Waals surface area contributed by atoms with Crippen molar-refractivity contribution >= 4 is 11.9 Å². The molecule has 2 rings (SSSR count). The SMILES string of the molecule is CCCC(=O)C(F)(F)C(O)C(CC1CCCCC1)NC(=O)OCc1ccccc1. The Morgan fingerprint density at radius 2 is 1.86 bits per heavy atom. The molecule has 2 unspecified atom stereocenters. The maximum atomic E-state index is 14.5. The van der Waals surface area contributed by atoms with Gasteiger partial charge in [0.1, 0.15) is 12.7 Å². The van der Waals surface area contributed by atoms with E-state index < -0.39 is 29.9 Å². The van der Waals surface area contributed by atoms with E-state index >= 15 is 0 Å². The van der Waals surface area contributed by atoms with Crippen LogP contribution in [0.2, 0.25) is 0 Å². The lowest BCUT2D eigenvalue weighted by atomic mass is 9.82. The normalized spacial score (nSPS) is 17.4. The monoisotopic (exact) mass is 411 g/mol. The lowest BCUT2D eigenvalue weighted by Crippen LogP contribution is -2.55. The standard InChI is InChI=1S/C22H31F2NO4/c1-2-9-19(26)22(23,24)20(27)18(14-16-10-5-3-6-11-16)25-21(28)29-15-17-12-7-4-8-13-17/h4,7-8,12-13,16,18,20,27H,2-3,5-6,9-11,14-15H2,1H3,(H,25,28). The number of ether oxygens (including phenoxy) is 1. The van der Waals surface area contributed by atoms with Gasteiger partial charge in [0, 0.05) is 6.42 Å². The molecule has 0 bridgehead atoms. The number of hydrogen-bond acceptors (Lipinski definition) is 4. The van der Waals surface area contributed by atoms with Crippen LogP contribution in [-0.4, -0.2) is 35.1 Å². The predicted octanol–water partition coefficient (Wildman–Crippen LogP) is 4.62. The Labute approximate surface area is 170 Å². The third-order valence-electron chi connectivity index (χ3n) is 5.43. The highest BCUT2D eigenvalue weighted by Gasteiger charge is 2.49. The van der Waals surface area contributed by atoms with Crippen LogP contribution in [0, 0.1) is 5.92 Å². The number of nitrogens with one attached hydrogen (secondary N) is 1. The number of hydrogen-bond donors (Lipinski definition) is 2. The Balaban J connectivity index is 2.04. The molecule has 1 fully saturated rings. The van der Waals surface area contributed by atoms with Crippen molar-refractivity contribution in [2.45, 2.75) is 83.0 Å². The zero-order valence-electron chi connectivity index (χ0n) is 16.9. The van der Waals surface area contributed by atoms with Crippen LogP contribution in [0.5, 0.6) is 0 Å². The van der Waals surface area contributed by atoms with E-state index in [1.165, 1.54) is 0 Å². The van der Waals surface area contributed by atoms with E-state index in [9.17, 15) is 23.5 Å². The number of halogens is 2. The fraction of sp³-hybridized carbons (Fsp3) is 0.636. The zero-order valence-corrected chi connectivity index (χ0v) is 16.9. The first-order valence-electron chi connectivity index (χ1n) is 10.4. The van der Waals surface area contributed by atoms with Gasteiger partial charge in [-0.3, -0.25) is 4.79 Å². The van der Waals surface area contributed by atoms with Crippen LogP contribution in [0.15, 0.2) is 30.3 Å². The summed E-state index contributed by atoms with van der Waals surface area (Å²) >= 11 is 0. The third-order valence-corrected chi connectivity index (χ3v) is 5.43. The highest BCUT2D eigenvalue weighted by atomic mass is 19.3. The number of aliphatic hydroxyl groups excluding tert-OH is 1. The summed E-state index contributed by atoms with van der Waals surface area (Å²) in [7, 11) is 0. The summed E-state index contributed by atoms with van der Waals surface area (Å²) in [6, 6.07) is 7.73. The summed E-state index contributed by atoms with van der Waals surface area (Å²) < 4.78 is 34.2. The highest BCUT2D eigenvalue weighted by Crippen LogP contribution is 2.32. The molecule has 1 aromatic rings. The maximum Gasteiger partial charge on any atom is 0.407 e. The third kappa shape index (κ3) is 7.07. The fourth-order valence-corrected chi connectivity index (χ4v) is 3.78. The molecular weight excluding hydrogens is 380 g/mol. The lowest BCUT2D eigenvalue weighted by Gasteiger charge is -2.32. The van der Waals surface area contributed by atoms with Crippen molar-refractivity contribution in [3.8, 4) is 0 Å². The average molecular weight is 411 g/mol. The first-order valence-corrected chi connectivity index (χ1v) is 10.4. The van der Waals surface area contributed by atoms with Crippen LogP contribution in [-0.2, 0) is 16.1 Å². The van der Waals surface area contributed by atoms with Crippen LogP contribution in [0.4, 0.5) is 13.6 Å². The highest BCUT2D eigenvalue weighted by molar-refractivity contribution is 5.86. The van der Waals surface area contributed by atoms with Gasteiger partial charge in [-0.05, 0) is 24.3 Å². The molecule has 0 aliphatic heterocycles. The van der Waals surface area contributed by atoms with Gasteiger partial charge < -0.3 is 15.2 Å². The molecule has 5 nitrogen and oxygen atoms in total. The number of alkyl carbamates (subject to hydrolysis) is 1. The number of aliphatic hydroxyl groups is 1. The number of carbonyl (C=O) groups excluding carboxylic acids is 2. The van der Waals surface area contributed by atoms with E-state index in [4.69, 9.17) is 4.74 Å². The van der Waals surface area contributed by atoms with Crippen molar-refractivity contribution in [1.82, 2.24) is 5.32 Å². The van der Waals surface area contributed by atoms with Gasteiger partial charge in [0.2, 0.25) is 5.78 Å². The van der Waals surface area contributed by atoms with Gasteiger partial charge in [-0.15, -0.1) is 0 Å². The molecule has 1 aliphatic rings. The van der Waals surface area contributed by atoms with Crippen molar-refractivity contribution in [3.05, 3.63) is 35.9 Å². The molecule has 0 saturated heterocycles. The van der Waals surface area contributed by atoms with E-state index in [-0.39, 0.29) is 31.8 Å². The largest absolute Gasteiger partial charge is 0.445 e. The zero-order chi connectivity index (χ0) is 21.3. The molecule has 29 heavy (non-hydrogen) atoms. The quantitative estimate of drug-likeness (QED) is 0.589. The maximum absolute atomic E-state index is 14.5. The van der Waals surface area contributed by atoms with Crippen LogP contribution in [0.1, 0.15) is 63.9 Å². The Morgan fingerprint density at radius 3 is 2.48 bits per heavy atom. The van der Waals surface area contributed by atoms with Gasteiger partial charge in [0.15, 0.2) is 0 Å². The first kappa shape index (κ1) is 23.3. The predicted molar refractivity (Wildman–Crippen MR) is 106 cm³/mol. The summed E-state index contributed by atoms with van der Waals surface area (Å²) in [5.41, 5.74) is 0.760. The number of rotatable bonds is 10. The minimum atomic E-state index is -3.91. The summed E-state index contributed by atoms with van der Waals surface area (Å²) in [5, 5.41) is 12.8. The Bertz CT molecular complexity index is 647. The number of amides is 1.